The number of pyridine rings is 1. The van der Waals surface area contributed by atoms with Crippen LogP contribution in [0.15, 0.2) is 54.6 Å². The molecule has 0 amide bonds. The summed E-state index contributed by atoms with van der Waals surface area (Å²) in [5.41, 5.74) is 3.21. The van der Waals surface area contributed by atoms with Crippen molar-refractivity contribution < 1.29 is 9.47 Å². The summed E-state index contributed by atoms with van der Waals surface area (Å²) >= 11 is 0. The van der Waals surface area contributed by atoms with Gasteiger partial charge in [0, 0.05) is 17.5 Å². The third kappa shape index (κ3) is 2.82. The van der Waals surface area contributed by atoms with Gasteiger partial charge in [-0.05, 0) is 29.8 Å². The van der Waals surface area contributed by atoms with Crippen LogP contribution >= 0.6 is 0 Å². The third-order valence-electron chi connectivity index (χ3n) is 3.49. The number of para-hydroxylation sites is 1. The van der Waals surface area contributed by atoms with Crippen molar-refractivity contribution in [3.8, 4) is 11.5 Å². The second kappa shape index (κ2) is 5.83. The lowest BCUT2D eigenvalue weighted by Crippen LogP contribution is -1.95. The van der Waals surface area contributed by atoms with E-state index in [2.05, 4.69) is 18.2 Å². The Morgan fingerprint density at radius 3 is 2.48 bits per heavy atom. The Hall–Kier alpha value is -2.55. The Morgan fingerprint density at radius 2 is 1.67 bits per heavy atom. The van der Waals surface area contributed by atoms with Gasteiger partial charge in [-0.2, -0.15) is 0 Å². The van der Waals surface area contributed by atoms with Crippen LogP contribution in [0.3, 0.4) is 0 Å². The van der Waals surface area contributed by atoms with Gasteiger partial charge in [-0.25, -0.2) is 0 Å². The molecule has 0 N–H and O–H groups in total. The first kappa shape index (κ1) is 13.4. The average molecular weight is 279 g/mol. The predicted molar refractivity (Wildman–Crippen MR) is 84.1 cm³/mol. The number of aromatic nitrogens is 1. The van der Waals surface area contributed by atoms with Crippen molar-refractivity contribution in [1.29, 1.82) is 0 Å². The van der Waals surface area contributed by atoms with E-state index >= 15 is 0 Å². The number of hydrogen-bond acceptors (Lipinski definition) is 3. The number of ether oxygens (including phenoxy) is 2. The lowest BCUT2D eigenvalue weighted by Gasteiger charge is -2.09. The van der Waals surface area contributed by atoms with E-state index in [-0.39, 0.29) is 0 Å². The number of hydrogen-bond donors (Lipinski definition) is 0. The van der Waals surface area contributed by atoms with Gasteiger partial charge in [0.2, 0.25) is 0 Å². The smallest absolute Gasteiger partial charge is 0.160 e. The fourth-order valence-corrected chi connectivity index (χ4v) is 2.41. The summed E-state index contributed by atoms with van der Waals surface area (Å²) in [6.45, 7) is 0. The zero-order valence-electron chi connectivity index (χ0n) is 12.2. The predicted octanol–water partition coefficient (Wildman–Crippen LogP) is 3.84. The minimum absolute atomic E-state index is 0.743. The highest BCUT2D eigenvalue weighted by Crippen LogP contribution is 2.28. The monoisotopic (exact) mass is 279 g/mol. The molecule has 0 saturated heterocycles. The second-order valence-corrected chi connectivity index (χ2v) is 4.86. The molecule has 106 valence electrons. The first-order valence-electron chi connectivity index (χ1n) is 6.86. The Morgan fingerprint density at radius 1 is 0.857 bits per heavy atom. The maximum Gasteiger partial charge on any atom is 0.160 e. The Kier molecular flexibility index (Phi) is 3.73. The molecule has 3 heteroatoms. The summed E-state index contributed by atoms with van der Waals surface area (Å²) in [6, 6.07) is 18.3. The largest absolute Gasteiger partial charge is 0.493 e. The quantitative estimate of drug-likeness (QED) is 0.727. The highest BCUT2D eigenvalue weighted by Gasteiger charge is 2.06. The summed E-state index contributed by atoms with van der Waals surface area (Å²) in [5.74, 6) is 1.49. The van der Waals surface area contributed by atoms with Gasteiger partial charge in [-0.3, -0.25) is 4.98 Å². The van der Waals surface area contributed by atoms with Crippen LogP contribution in [0, 0.1) is 0 Å². The van der Waals surface area contributed by atoms with Crippen molar-refractivity contribution in [2.45, 2.75) is 6.42 Å². The summed E-state index contributed by atoms with van der Waals surface area (Å²) in [7, 11) is 3.29. The molecule has 0 aliphatic heterocycles. The third-order valence-corrected chi connectivity index (χ3v) is 3.49. The molecule has 0 saturated carbocycles. The van der Waals surface area contributed by atoms with Crippen molar-refractivity contribution in [1.82, 2.24) is 4.98 Å². The molecule has 1 aromatic heterocycles. The molecule has 3 aromatic rings. The molecule has 3 nitrogen and oxygen atoms in total. The number of fused-ring (bicyclic) bond motifs is 1. The molecule has 0 spiro atoms. The SMILES string of the molecule is COc1ccc(Cc2ccc3ccccc3n2)cc1OC. The molecule has 0 atom stereocenters. The average Bonchev–Trinajstić information content (AvgIpc) is 2.54. The van der Waals surface area contributed by atoms with Crippen LogP contribution in [0.1, 0.15) is 11.3 Å². The van der Waals surface area contributed by atoms with E-state index in [0.29, 0.717) is 0 Å². The van der Waals surface area contributed by atoms with E-state index in [0.717, 1.165) is 40.1 Å². The molecule has 0 unspecified atom stereocenters. The van der Waals surface area contributed by atoms with Gasteiger partial charge < -0.3 is 9.47 Å². The molecule has 0 bridgehead atoms. The van der Waals surface area contributed by atoms with Crippen molar-refractivity contribution in [2.75, 3.05) is 14.2 Å². The molecule has 0 fully saturated rings. The molecule has 3 rings (SSSR count). The van der Waals surface area contributed by atoms with Crippen LogP contribution < -0.4 is 9.47 Å². The van der Waals surface area contributed by atoms with E-state index in [9.17, 15) is 0 Å². The fraction of sp³-hybridized carbons (Fsp3) is 0.167. The van der Waals surface area contributed by atoms with Crippen LogP contribution in [0.5, 0.6) is 11.5 Å². The van der Waals surface area contributed by atoms with E-state index in [1.54, 1.807) is 14.2 Å². The Labute approximate surface area is 124 Å². The highest BCUT2D eigenvalue weighted by molar-refractivity contribution is 5.78. The number of rotatable bonds is 4. The van der Waals surface area contributed by atoms with E-state index in [1.165, 1.54) is 0 Å². The fourth-order valence-electron chi connectivity index (χ4n) is 2.41. The van der Waals surface area contributed by atoms with Crippen LogP contribution in [0.4, 0.5) is 0 Å². The summed E-state index contributed by atoms with van der Waals surface area (Å²) in [6.07, 6.45) is 0.769. The lowest BCUT2D eigenvalue weighted by atomic mass is 10.1. The summed E-state index contributed by atoms with van der Waals surface area (Å²) in [5, 5.41) is 1.16. The standard InChI is InChI=1S/C18H17NO2/c1-20-17-10-7-13(12-18(17)21-2)11-15-9-8-14-5-3-4-6-16(14)19-15/h3-10,12H,11H2,1-2H3. The van der Waals surface area contributed by atoms with Gasteiger partial charge in [0.15, 0.2) is 11.5 Å². The highest BCUT2D eigenvalue weighted by atomic mass is 16.5. The van der Waals surface area contributed by atoms with Crippen molar-refractivity contribution >= 4 is 10.9 Å². The van der Waals surface area contributed by atoms with Crippen LogP contribution in [-0.2, 0) is 6.42 Å². The minimum Gasteiger partial charge on any atom is -0.493 e. The van der Waals surface area contributed by atoms with Crippen molar-refractivity contribution in [3.63, 3.8) is 0 Å². The van der Waals surface area contributed by atoms with Gasteiger partial charge >= 0.3 is 0 Å². The van der Waals surface area contributed by atoms with Crippen molar-refractivity contribution in [3.05, 3.63) is 65.9 Å². The Bertz CT molecular complexity index is 768. The first-order chi connectivity index (χ1) is 10.3. The topological polar surface area (TPSA) is 31.4 Å². The van der Waals surface area contributed by atoms with Crippen LogP contribution in [0.2, 0.25) is 0 Å². The Balaban J connectivity index is 1.91. The maximum atomic E-state index is 5.34. The van der Waals surface area contributed by atoms with Crippen LogP contribution in [0.25, 0.3) is 10.9 Å². The number of methoxy groups -OCH3 is 2. The lowest BCUT2D eigenvalue weighted by molar-refractivity contribution is 0.354. The molecule has 1 heterocycles. The molecule has 2 aromatic carbocycles. The second-order valence-electron chi connectivity index (χ2n) is 4.86. The number of nitrogens with zero attached hydrogens (tertiary/aromatic N) is 1. The maximum absolute atomic E-state index is 5.34. The first-order valence-corrected chi connectivity index (χ1v) is 6.86. The summed E-state index contributed by atoms with van der Waals surface area (Å²) in [4.78, 5) is 4.70. The molecule has 0 aliphatic carbocycles. The van der Waals surface area contributed by atoms with Crippen molar-refractivity contribution in [2.24, 2.45) is 0 Å². The molecular formula is C18H17NO2. The van der Waals surface area contributed by atoms with Gasteiger partial charge in [0.1, 0.15) is 0 Å². The molecular weight excluding hydrogens is 262 g/mol. The zero-order valence-corrected chi connectivity index (χ0v) is 12.2. The van der Waals surface area contributed by atoms with E-state index in [4.69, 9.17) is 14.5 Å². The van der Waals surface area contributed by atoms with E-state index in [1.807, 2.05) is 36.4 Å². The normalized spacial score (nSPS) is 10.6. The van der Waals surface area contributed by atoms with Gasteiger partial charge in [-0.1, -0.05) is 30.3 Å². The van der Waals surface area contributed by atoms with Gasteiger partial charge in [0.25, 0.3) is 0 Å². The minimum atomic E-state index is 0.743. The van der Waals surface area contributed by atoms with Gasteiger partial charge in [-0.15, -0.1) is 0 Å². The zero-order chi connectivity index (χ0) is 14.7. The van der Waals surface area contributed by atoms with Crippen LogP contribution in [-0.4, -0.2) is 19.2 Å². The summed E-state index contributed by atoms with van der Waals surface area (Å²) < 4.78 is 10.6. The van der Waals surface area contributed by atoms with Gasteiger partial charge in [0.05, 0.1) is 19.7 Å². The van der Waals surface area contributed by atoms with E-state index < -0.39 is 0 Å². The molecule has 0 aliphatic rings. The molecule has 21 heavy (non-hydrogen) atoms. The molecule has 0 radical (unpaired) electrons. The number of benzene rings is 2.